The molecule has 0 spiro atoms. The highest BCUT2D eigenvalue weighted by Gasteiger charge is 2.49. The summed E-state index contributed by atoms with van der Waals surface area (Å²) in [6, 6.07) is 0. The van der Waals surface area contributed by atoms with Crippen molar-refractivity contribution < 1.29 is 23.1 Å². The first-order valence-electron chi connectivity index (χ1n) is 5.69. The van der Waals surface area contributed by atoms with E-state index in [0.717, 1.165) is 0 Å². The van der Waals surface area contributed by atoms with Crippen molar-refractivity contribution in [1.82, 2.24) is 4.90 Å². The maximum Gasteiger partial charge on any atom is 0.410 e. The molecule has 0 aromatic heterocycles. The molecule has 1 unspecified atom stereocenters. The van der Waals surface area contributed by atoms with E-state index in [-0.39, 0.29) is 19.5 Å². The van der Waals surface area contributed by atoms with E-state index < -0.39 is 29.4 Å². The van der Waals surface area contributed by atoms with Crippen molar-refractivity contribution in [3.05, 3.63) is 0 Å². The van der Waals surface area contributed by atoms with Crippen LogP contribution in [0.15, 0.2) is 0 Å². The molecule has 0 radical (unpaired) electrons. The minimum atomic E-state index is -3.59. The van der Waals surface area contributed by atoms with E-state index in [4.69, 9.17) is 4.74 Å². The van der Waals surface area contributed by atoms with Gasteiger partial charge in [-0.2, -0.15) is 8.78 Å². The topological polar surface area (TPSA) is 72.6 Å². The molecule has 1 fully saturated rings. The number of nitrogens with zero attached hydrogens (tertiary/aromatic N) is 1. The number of halogens is 2. The van der Waals surface area contributed by atoms with Crippen LogP contribution in [-0.4, -0.2) is 41.5 Å². The second-order valence-electron chi connectivity index (χ2n) is 5.40. The minimum absolute atomic E-state index is 0.0369. The van der Waals surface area contributed by atoms with Gasteiger partial charge in [-0.1, -0.05) is 0 Å². The summed E-state index contributed by atoms with van der Waals surface area (Å²) in [7, 11) is 0. The van der Waals surface area contributed by atoms with Gasteiger partial charge in [-0.25, -0.2) is 4.79 Å². The molecule has 0 aromatic rings. The molecule has 1 heterocycles. The fraction of sp³-hybridized carbons (Fsp3) is 0.818. The van der Waals surface area contributed by atoms with Gasteiger partial charge in [0.05, 0.1) is 5.92 Å². The number of hydrogen-bond acceptors (Lipinski definition) is 3. The lowest BCUT2D eigenvalue weighted by Crippen LogP contribution is -2.44. The highest BCUT2D eigenvalue weighted by molar-refractivity contribution is 5.82. The number of nitrogens with two attached hydrogens (primary N) is 1. The molecule has 2 amide bonds. The Morgan fingerprint density at radius 3 is 2.33 bits per heavy atom. The van der Waals surface area contributed by atoms with E-state index in [1.807, 2.05) is 0 Å². The molecule has 0 aromatic carbocycles. The SMILES string of the molecule is CC(C)(C)OC(=O)N1CCC(C(F)(F)C(N)=O)C1. The first-order chi connectivity index (χ1) is 8.04. The third-order valence-corrected chi connectivity index (χ3v) is 2.68. The maximum atomic E-state index is 13.4. The fourth-order valence-electron chi connectivity index (χ4n) is 1.75. The molecule has 0 bridgehead atoms. The van der Waals surface area contributed by atoms with Gasteiger partial charge in [-0.3, -0.25) is 4.79 Å². The molecule has 1 atom stereocenters. The zero-order valence-electron chi connectivity index (χ0n) is 10.7. The number of primary amides is 1. The van der Waals surface area contributed by atoms with Crippen LogP contribution in [0.2, 0.25) is 0 Å². The van der Waals surface area contributed by atoms with Gasteiger partial charge < -0.3 is 15.4 Å². The fourth-order valence-corrected chi connectivity index (χ4v) is 1.75. The number of ether oxygens (including phenoxy) is 1. The Bertz CT molecular complexity index is 353. The molecule has 0 saturated carbocycles. The van der Waals surface area contributed by atoms with E-state index in [1.165, 1.54) is 4.90 Å². The number of alkyl halides is 2. The normalized spacial score (nSPS) is 20.9. The van der Waals surface area contributed by atoms with Crippen molar-refractivity contribution in [3.63, 3.8) is 0 Å². The van der Waals surface area contributed by atoms with Gasteiger partial charge in [0, 0.05) is 13.1 Å². The van der Waals surface area contributed by atoms with E-state index in [1.54, 1.807) is 20.8 Å². The van der Waals surface area contributed by atoms with Gasteiger partial charge in [0.1, 0.15) is 5.60 Å². The summed E-state index contributed by atoms with van der Waals surface area (Å²) in [4.78, 5) is 23.5. The van der Waals surface area contributed by atoms with Crippen LogP contribution in [0.3, 0.4) is 0 Å². The average Bonchev–Trinajstić information content (AvgIpc) is 2.63. The van der Waals surface area contributed by atoms with Crippen molar-refractivity contribution in [2.45, 2.75) is 38.7 Å². The summed E-state index contributed by atoms with van der Waals surface area (Å²) in [6.45, 7) is 5.00. The molecule has 7 heteroatoms. The zero-order chi connectivity index (χ0) is 14.1. The first-order valence-corrected chi connectivity index (χ1v) is 5.69. The zero-order valence-corrected chi connectivity index (χ0v) is 10.7. The Balaban J connectivity index is 2.62. The van der Waals surface area contributed by atoms with Crippen molar-refractivity contribution in [3.8, 4) is 0 Å². The largest absolute Gasteiger partial charge is 0.444 e. The summed E-state index contributed by atoms with van der Waals surface area (Å²) in [5.74, 6) is -6.47. The van der Waals surface area contributed by atoms with Crippen LogP contribution >= 0.6 is 0 Å². The number of amides is 2. The third-order valence-electron chi connectivity index (χ3n) is 2.68. The molecular weight excluding hydrogens is 246 g/mol. The number of carbonyl (C=O) groups excluding carboxylic acids is 2. The number of carbonyl (C=O) groups is 2. The standard InChI is InChI=1S/C11H18F2N2O3/c1-10(2,3)18-9(17)15-5-4-7(6-15)11(12,13)8(14)16/h7H,4-6H2,1-3H3,(H2,14,16). The van der Waals surface area contributed by atoms with Crippen LogP contribution in [0.25, 0.3) is 0 Å². The predicted octanol–water partition coefficient (Wildman–Crippen LogP) is 1.36. The summed E-state index contributed by atoms with van der Waals surface area (Å²) in [6.07, 6.45) is -0.611. The number of hydrogen-bond donors (Lipinski definition) is 1. The maximum absolute atomic E-state index is 13.4. The van der Waals surface area contributed by atoms with Crippen LogP contribution in [0.4, 0.5) is 13.6 Å². The van der Waals surface area contributed by atoms with E-state index in [0.29, 0.717) is 0 Å². The lowest BCUT2D eigenvalue weighted by molar-refractivity contribution is -0.149. The van der Waals surface area contributed by atoms with Crippen LogP contribution in [0, 0.1) is 5.92 Å². The molecule has 1 aliphatic rings. The summed E-state index contributed by atoms with van der Waals surface area (Å²) >= 11 is 0. The predicted molar refractivity (Wildman–Crippen MR) is 60.1 cm³/mol. The first kappa shape index (κ1) is 14.7. The van der Waals surface area contributed by atoms with Crippen molar-refractivity contribution in [2.75, 3.05) is 13.1 Å². The van der Waals surface area contributed by atoms with Crippen molar-refractivity contribution >= 4 is 12.0 Å². The average molecular weight is 264 g/mol. The van der Waals surface area contributed by atoms with E-state index in [9.17, 15) is 18.4 Å². The van der Waals surface area contributed by atoms with Gasteiger partial charge in [0.25, 0.3) is 5.91 Å². The van der Waals surface area contributed by atoms with E-state index >= 15 is 0 Å². The van der Waals surface area contributed by atoms with Crippen LogP contribution in [0.1, 0.15) is 27.2 Å². The molecule has 2 N–H and O–H groups in total. The Labute approximate surface area is 104 Å². The van der Waals surface area contributed by atoms with Crippen LogP contribution in [-0.2, 0) is 9.53 Å². The summed E-state index contributed by atoms with van der Waals surface area (Å²) in [5.41, 5.74) is 3.97. The quantitative estimate of drug-likeness (QED) is 0.818. The molecular formula is C11H18F2N2O3. The molecule has 104 valence electrons. The second-order valence-corrected chi connectivity index (χ2v) is 5.40. The molecule has 1 saturated heterocycles. The molecule has 18 heavy (non-hydrogen) atoms. The van der Waals surface area contributed by atoms with Crippen LogP contribution in [0.5, 0.6) is 0 Å². The van der Waals surface area contributed by atoms with Crippen molar-refractivity contribution in [1.29, 1.82) is 0 Å². The number of rotatable bonds is 2. The molecule has 1 rings (SSSR count). The lowest BCUT2D eigenvalue weighted by atomic mass is 10.0. The summed E-state index contributed by atoms with van der Waals surface area (Å²) < 4.78 is 31.8. The second kappa shape index (κ2) is 4.70. The Hall–Kier alpha value is -1.40. The molecule has 0 aliphatic carbocycles. The van der Waals surface area contributed by atoms with E-state index in [2.05, 4.69) is 5.73 Å². The van der Waals surface area contributed by atoms with Gasteiger partial charge >= 0.3 is 12.0 Å². The van der Waals surface area contributed by atoms with Crippen molar-refractivity contribution in [2.24, 2.45) is 11.7 Å². The minimum Gasteiger partial charge on any atom is -0.444 e. The van der Waals surface area contributed by atoms with Crippen LogP contribution < -0.4 is 5.73 Å². The molecule has 1 aliphatic heterocycles. The lowest BCUT2D eigenvalue weighted by Gasteiger charge is -2.25. The Morgan fingerprint density at radius 2 is 1.89 bits per heavy atom. The molecule has 5 nitrogen and oxygen atoms in total. The highest BCUT2D eigenvalue weighted by atomic mass is 19.3. The Morgan fingerprint density at radius 1 is 1.33 bits per heavy atom. The Kier molecular flexibility index (Phi) is 3.83. The van der Waals surface area contributed by atoms with Gasteiger partial charge in [-0.15, -0.1) is 0 Å². The third kappa shape index (κ3) is 3.30. The van der Waals surface area contributed by atoms with Gasteiger partial charge in [-0.05, 0) is 27.2 Å². The van der Waals surface area contributed by atoms with Gasteiger partial charge in [0.2, 0.25) is 0 Å². The monoisotopic (exact) mass is 264 g/mol. The van der Waals surface area contributed by atoms with Gasteiger partial charge in [0.15, 0.2) is 0 Å². The number of likely N-dealkylation sites (tertiary alicyclic amines) is 1. The summed E-state index contributed by atoms with van der Waals surface area (Å²) in [5, 5.41) is 0. The smallest absolute Gasteiger partial charge is 0.410 e. The highest BCUT2D eigenvalue weighted by Crippen LogP contribution is 2.32.